The molecule has 0 radical (unpaired) electrons. The summed E-state index contributed by atoms with van der Waals surface area (Å²) in [5, 5.41) is 5.26. The molecule has 45 heavy (non-hydrogen) atoms. The first-order chi connectivity index (χ1) is 21.8. The molecule has 0 spiro atoms. The second kappa shape index (κ2) is 14.0. The number of nitrogens with zero attached hydrogens (tertiary/aromatic N) is 1. The van der Waals surface area contributed by atoms with Crippen LogP contribution < -0.4 is 19.5 Å². The number of nitrogens with one attached hydrogen (secondary N) is 1. The van der Waals surface area contributed by atoms with E-state index in [4.69, 9.17) is 23.7 Å². The SMILES string of the molecule is CCOC(=O)COc1ccc(C2C(C(=O)OCC)=C(C)NC3S/C(=C/c4ccc(OCC)c5ccccc45)C(=O)N32)cc1OC. The van der Waals surface area contributed by atoms with Crippen molar-refractivity contribution in [2.24, 2.45) is 0 Å². The summed E-state index contributed by atoms with van der Waals surface area (Å²) in [7, 11) is 1.48. The molecule has 5 rings (SSSR count). The van der Waals surface area contributed by atoms with Crippen molar-refractivity contribution in [3.05, 3.63) is 81.9 Å². The molecule has 2 aliphatic heterocycles. The Labute approximate surface area is 266 Å². The van der Waals surface area contributed by atoms with Crippen LogP contribution >= 0.6 is 11.8 Å². The van der Waals surface area contributed by atoms with Crippen molar-refractivity contribution in [1.29, 1.82) is 0 Å². The third-order valence-electron chi connectivity index (χ3n) is 7.39. The quantitative estimate of drug-likeness (QED) is 0.213. The number of carbonyl (C=O) groups is 3. The van der Waals surface area contributed by atoms with E-state index in [0.29, 0.717) is 39.8 Å². The van der Waals surface area contributed by atoms with Gasteiger partial charge in [-0.15, -0.1) is 0 Å². The second-order valence-electron chi connectivity index (χ2n) is 10.1. The number of hydrogen-bond acceptors (Lipinski definition) is 10. The summed E-state index contributed by atoms with van der Waals surface area (Å²) in [4.78, 5) is 41.6. The summed E-state index contributed by atoms with van der Waals surface area (Å²) in [6, 6.07) is 16.1. The zero-order valence-electron chi connectivity index (χ0n) is 25.9. The number of benzene rings is 3. The standard InChI is InChI=1S/C34H36N2O8S/c1-6-41-25-15-13-21(23-11-9-10-12-24(23)25)18-28-32(38)36-31(30(33(39)43-8-3)20(4)35-34(36)45-28)22-14-16-26(27(17-22)40-5)44-19-29(37)42-7-2/h9-18,31,34-35H,6-8,19H2,1-5H3/b28-18+. The monoisotopic (exact) mass is 632 g/mol. The molecule has 2 unspecified atom stereocenters. The highest BCUT2D eigenvalue weighted by Crippen LogP contribution is 2.48. The number of amides is 1. The van der Waals surface area contributed by atoms with Crippen molar-refractivity contribution < 1.29 is 38.1 Å². The van der Waals surface area contributed by atoms with Gasteiger partial charge in [0, 0.05) is 11.1 Å². The van der Waals surface area contributed by atoms with Crippen molar-refractivity contribution in [3.8, 4) is 17.2 Å². The van der Waals surface area contributed by atoms with Crippen LogP contribution in [0.3, 0.4) is 0 Å². The summed E-state index contributed by atoms with van der Waals surface area (Å²) in [6.45, 7) is 7.87. The molecule has 236 valence electrons. The highest BCUT2D eigenvalue weighted by Gasteiger charge is 2.48. The third-order valence-corrected chi connectivity index (χ3v) is 8.50. The van der Waals surface area contributed by atoms with E-state index in [1.165, 1.54) is 18.9 Å². The van der Waals surface area contributed by atoms with E-state index in [1.54, 1.807) is 43.9 Å². The van der Waals surface area contributed by atoms with Crippen LogP contribution in [-0.2, 0) is 23.9 Å². The zero-order chi connectivity index (χ0) is 32.1. The van der Waals surface area contributed by atoms with Gasteiger partial charge in [0.05, 0.1) is 43.5 Å². The van der Waals surface area contributed by atoms with Crippen molar-refractivity contribution in [1.82, 2.24) is 10.2 Å². The fourth-order valence-corrected chi connectivity index (χ4v) is 6.68. The van der Waals surface area contributed by atoms with Crippen LogP contribution in [0, 0.1) is 0 Å². The molecule has 1 fully saturated rings. The summed E-state index contributed by atoms with van der Waals surface area (Å²) in [5.74, 6) is 0.165. The predicted octanol–water partition coefficient (Wildman–Crippen LogP) is 5.57. The molecule has 1 saturated heterocycles. The van der Waals surface area contributed by atoms with Crippen molar-refractivity contribution >= 4 is 46.5 Å². The summed E-state index contributed by atoms with van der Waals surface area (Å²) in [5.41, 5.74) is 1.94. The first-order valence-corrected chi connectivity index (χ1v) is 15.6. The minimum Gasteiger partial charge on any atom is -0.493 e. The van der Waals surface area contributed by atoms with Gasteiger partial charge in [-0.25, -0.2) is 9.59 Å². The van der Waals surface area contributed by atoms with Gasteiger partial charge in [0.2, 0.25) is 0 Å². The number of hydrogen-bond donors (Lipinski definition) is 1. The number of allylic oxidation sites excluding steroid dienone is 1. The number of ether oxygens (including phenoxy) is 5. The van der Waals surface area contributed by atoms with Crippen LogP contribution in [0.1, 0.15) is 44.9 Å². The lowest BCUT2D eigenvalue weighted by molar-refractivity contribution is -0.145. The molecule has 3 aromatic carbocycles. The number of carbonyl (C=O) groups excluding carboxylic acids is 3. The van der Waals surface area contributed by atoms with Gasteiger partial charge >= 0.3 is 11.9 Å². The van der Waals surface area contributed by atoms with Crippen LogP contribution in [0.15, 0.2) is 70.8 Å². The fraction of sp³-hybridized carbons (Fsp3) is 0.324. The zero-order valence-corrected chi connectivity index (χ0v) is 26.7. The molecule has 0 aliphatic carbocycles. The van der Waals surface area contributed by atoms with Gasteiger partial charge in [-0.1, -0.05) is 48.2 Å². The van der Waals surface area contributed by atoms with Crippen molar-refractivity contribution in [3.63, 3.8) is 0 Å². The minimum absolute atomic E-state index is 0.175. The smallest absolute Gasteiger partial charge is 0.344 e. The van der Waals surface area contributed by atoms with Crippen LogP contribution in [-0.4, -0.2) is 61.8 Å². The number of methoxy groups -OCH3 is 1. The molecular weight excluding hydrogens is 596 g/mol. The summed E-state index contributed by atoms with van der Waals surface area (Å²) >= 11 is 1.38. The van der Waals surface area contributed by atoms with E-state index in [-0.39, 0.29) is 25.7 Å². The first-order valence-electron chi connectivity index (χ1n) is 14.8. The molecular formula is C34H36N2O8S. The first kappa shape index (κ1) is 31.8. The molecule has 11 heteroatoms. The highest BCUT2D eigenvalue weighted by molar-refractivity contribution is 8.05. The molecule has 1 N–H and O–H groups in total. The lowest BCUT2D eigenvalue weighted by atomic mass is 9.93. The van der Waals surface area contributed by atoms with E-state index < -0.39 is 23.5 Å². The topological polar surface area (TPSA) is 113 Å². The van der Waals surface area contributed by atoms with Crippen LogP contribution in [0.2, 0.25) is 0 Å². The fourth-order valence-electron chi connectivity index (χ4n) is 5.47. The van der Waals surface area contributed by atoms with E-state index in [9.17, 15) is 14.4 Å². The van der Waals surface area contributed by atoms with E-state index in [2.05, 4.69) is 5.32 Å². The Hall–Kier alpha value is -4.64. The van der Waals surface area contributed by atoms with Crippen LogP contribution in [0.25, 0.3) is 16.8 Å². The highest BCUT2D eigenvalue weighted by atomic mass is 32.2. The number of thioether (sulfide) groups is 1. The maximum Gasteiger partial charge on any atom is 0.344 e. The van der Waals surface area contributed by atoms with E-state index in [0.717, 1.165) is 22.1 Å². The largest absolute Gasteiger partial charge is 0.493 e. The Morgan fingerprint density at radius 3 is 2.36 bits per heavy atom. The average Bonchev–Trinajstić information content (AvgIpc) is 3.34. The molecule has 0 aromatic heterocycles. The Bertz CT molecular complexity index is 1680. The van der Waals surface area contributed by atoms with E-state index in [1.807, 2.05) is 49.4 Å². The van der Waals surface area contributed by atoms with Gasteiger partial charge in [0.15, 0.2) is 23.6 Å². The molecule has 0 bridgehead atoms. The summed E-state index contributed by atoms with van der Waals surface area (Å²) in [6.07, 6.45) is 1.88. The van der Waals surface area contributed by atoms with Gasteiger partial charge in [-0.2, -0.15) is 0 Å². The van der Waals surface area contributed by atoms with Crippen LogP contribution in [0.4, 0.5) is 0 Å². The molecule has 3 aromatic rings. The Kier molecular flexibility index (Phi) is 9.87. The predicted molar refractivity (Wildman–Crippen MR) is 172 cm³/mol. The van der Waals surface area contributed by atoms with Crippen molar-refractivity contribution in [2.75, 3.05) is 33.5 Å². The third kappa shape index (κ3) is 6.44. The van der Waals surface area contributed by atoms with Gasteiger partial charge in [-0.05, 0) is 68.5 Å². The van der Waals surface area contributed by atoms with E-state index >= 15 is 0 Å². The van der Waals surface area contributed by atoms with Crippen LogP contribution in [0.5, 0.6) is 17.2 Å². The number of fused-ring (bicyclic) bond motifs is 2. The summed E-state index contributed by atoms with van der Waals surface area (Å²) < 4.78 is 27.5. The molecule has 2 heterocycles. The lowest BCUT2D eigenvalue weighted by Gasteiger charge is -2.39. The minimum atomic E-state index is -0.786. The van der Waals surface area contributed by atoms with Gasteiger partial charge in [0.25, 0.3) is 5.91 Å². The maximum absolute atomic E-state index is 14.2. The molecule has 0 saturated carbocycles. The lowest BCUT2D eigenvalue weighted by Crippen LogP contribution is -2.50. The molecule has 2 atom stereocenters. The Morgan fingerprint density at radius 2 is 1.64 bits per heavy atom. The van der Waals surface area contributed by atoms with Gasteiger partial charge in [0.1, 0.15) is 5.75 Å². The number of esters is 2. The number of rotatable bonds is 11. The Balaban J connectivity index is 1.55. The second-order valence-corrected chi connectivity index (χ2v) is 11.3. The molecule has 1 amide bonds. The molecule has 10 nitrogen and oxygen atoms in total. The average molecular weight is 633 g/mol. The Morgan fingerprint density at radius 1 is 0.911 bits per heavy atom. The van der Waals surface area contributed by atoms with Gasteiger partial charge < -0.3 is 29.0 Å². The van der Waals surface area contributed by atoms with Gasteiger partial charge in [-0.3, -0.25) is 9.69 Å². The maximum atomic E-state index is 14.2. The molecule has 2 aliphatic rings. The van der Waals surface area contributed by atoms with Crippen molar-refractivity contribution in [2.45, 2.75) is 39.2 Å². The normalized spacial score (nSPS) is 18.5.